The number of para-hydroxylation sites is 2. The number of hydrogen-bond donors (Lipinski definition) is 0. The number of carbonyl (C=O) groups excluding carboxylic acids is 1. The summed E-state index contributed by atoms with van der Waals surface area (Å²) in [6.45, 7) is 1.45. The second kappa shape index (κ2) is 8.98. The van der Waals surface area contributed by atoms with Gasteiger partial charge in [0.05, 0.1) is 0 Å². The molecule has 156 valence electrons. The first kappa shape index (κ1) is 19.9. The average Bonchev–Trinajstić information content (AvgIpc) is 3.28. The number of amides is 1. The van der Waals surface area contributed by atoms with Crippen LogP contribution >= 0.6 is 11.8 Å². The van der Waals surface area contributed by atoms with E-state index in [1.165, 1.54) is 0 Å². The molecule has 0 spiro atoms. The van der Waals surface area contributed by atoms with Crippen LogP contribution in [0.4, 0.5) is 0 Å². The van der Waals surface area contributed by atoms with Crippen LogP contribution in [0.25, 0.3) is 11.1 Å². The highest BCUT2D eigenvalue weighted by Gasteiger charge is 2.32. The Morgan fingerprint density at radius 1 is 0.903 bits per heavy atom. The molecule has 0 aliphatic carbocycles. The van der Waals surface area contributed by atoms with E-state index in [1.54, 1.807) is 11.8 Å². The molecule has 1 fully saturated rings. The van der Waals surface area contributed by atoms with Crippen LogP contribution in [-0.2, 0) is 4.79 Å². The zero-order valence-electron chi connectivity index (χ0n) is 17.2. The molecule has 1 atom stereocenters. The van der Waals surface area contributed by atoms with E-state index in [0.29, 0.717) is 0 Å². The molecule has 1 aliphatic rings. The second-order valence-corrected chi connectivity index (χ2v) is 9.02. The van der Waals surface area contributed by atoms with Gasteiger partial charge in [-0.3, -0.25) is 4.79 Å². The summed E-state index contributed by atoms with van der Waals surface area (Å²) in [6, 6.07) is 28.1. The lowest BCUT2D eigenvalue weighted by Crippen LogP contribution is -2.40. The number of thioether (sulfide) groups is 1. The molecule has 5 heteroatoms. The van der Waals surface area contributed by atoms with Crippen LogP contribution in [0.5, 0.6) is 0 Å². The number of benzene rings is 3. The van der Waals surface area contributed by atoms with Crippen molar-refractivity contribution >= 4 is 28.8 Å². The van der Waals surface area contributed by atoms with E-state index in [4.69, 9.17) is 4.42 Å². The standard InChI is InChI=1S/C26H24N2O2S/c29-26(24(19-9-3-1-4-10-19)31-21-11-5-2-6-12-21)28-17-15-20(16-18-28)25-27-22-13-7-8-14-23(22)30-25/h1-14,20,24H,15-18H2/t24-/m1/s1. The number of oxazole rings is 1. The predicted octanol–water partition coefficient (Wildman–Crippen LogP) is 6.07. The first-order chi connectivity index (χ1) is 15.3. The molecule has 1 amide bonds. The fraction of sp³-hybridized carbons (Fsp3) is 0.231. The summed E-state index contributed by atoms with van der Waals surface area (Å²) >= 11 is 1.62. The highest BCUT2D eigenvalue weighted by molar-refractivity contribution is 8.00. The number of likely N-dealkylation sites (tertiary alicyclic amines) is 1. The highest BCUT2D eigenvalue weighted by Crippen LogP contribution is 2.38. The van der Waals surface area contributed by atoms with Gasteiger partial charge in [-0.05, 0) is 42.7 Å². The molecule has 31 heavy (non-hydrogen) atoms. The van der Waals surface area contributed by atoms with Crippen LogP contribution in [0, 0.1) is 0 Å². The number of fused-ring (bicyclic) bond motifs is 1. The Kier molecular flexibility index (Phi) is 5.76. The molecule has 4 aromatic rings. The Morgan fingerprint density at radius 3 is 2.26 bits per heavy atom. The smallest absolute Gasteiger partial charge is 0.240 e. The molecule has 1 aromatic heterocycles. The topological polar surface area (TPSA) is 46.3 Å². The molecule has 1 aliphatic heterocycles. The molecule has 4 nitrogen and oxygen atoms in total. The molecule has 1 saturated heterocycles. The zero-order valence-corrected chi connectivity index (χ0v) is 18.0. The summed E-state index contributed by atoms with van der Waals surface area (Å²) in [4.78, 5) is 21.3. The second-order valence-electron chi connectivity index (χ2n) is 7.84. The van der Waals surface area contributed by atoms with Crippen LogP contribution < -0.4 is 0 Å². The molecular formula is C26H24N2O2S. The zero-order chi connectivity index (χ0) is 21.0. The van der Waals surface area contributed by atoms with E-state index in [2.05, 4.69) is 17.1 Å². The predicted molar refractivity (Wildman–Crippen MR) is 124 cm³/mol. The van der Waals surface area contributed by atoms with Gasteiger partial charge in [-0.1, -0.05) is 60.7 Å². The van der Waals surface area contributed by atoms with E-state index in [9.17, 15) is 4.79 Å². The molecular weight excluding hydrogens is 404 g/mol. The van der Waals surface area contributed by atoms with Gasteiger partial charge in [-0.25, -0.2) is 4.98 Å². The van der Waals surface area contributed by atoms with Crippen LogP contribution in [0.1, 0.15) is 35.5 Å². The van der Waals surface area contributed by atoms with Crippen molar-refractivity contribution in [2.75, 3.05) is 13.1 Å². The Bertz CT molecular complexity index is 1120. The van der Waals surface area contributed by atoms with E-state index in [-0.39, 0.29) is 17.1 Å². The van der Waals surface area contributed by atoms with Gasteiger partial charge < -0.3 is 9.32 Å². The maximum absolute atomic E-state index is 13.6. The third-order valence-electron chi connectivity index (χ3n) is 5.79. The Balaban J connectivity index is 1.31. The minimum Gasteiger partial charge on any atom is -0.440 e. The van der Waals surface area contributed by atoms with Gasteiger partial charge in [-0.15, -0.1) is 11.8 Å². The van der Waals surface area contributed by atoms with Crippen molar-refractivity contribution < 1.29 is 9.21 Å². The first-order valence-corrected chi connectivity index (χ1v) is 11.6. The van der Waals surface area contributed by atoms with Gasteiger partial charge in [0.2, 0.25) is 5.91 Å². The Morgan fingerprint density at radius 2 is 1.55 bits per heavy atom. The third-order valence-corrected chi connectivity index (χ3v) is 7.04. The van der Waals surface area contributed by atoms with Gasteiger partial charge in [0, 0.05) is 23.9 Å². The fourth-order valence-electron chi connectivity index (χ4n) is 4.10. The van der Waals surface area contributed by atoms with Gasteiger partial charge in [0.15, 0.2) is 11.5 Å². The van der Waals surface area contributed by atoms with Crippen LogP contribution in [0.3, 0.4) is 0 Å². The maximum Gasteiger partial charge on any atom is 0.240 e. The molecule has 0 bridgehead atoms. The van der Waals surface area contributed by atoms with Crippen LogP contribution in [-0.4, -0.2) is 28.9 Å². The molecule has 0 unspecified atom stereocenters. The van der Waals surface area contributed by atoms with Crippen molar-refractivity contribution in [3.63, 3.8) is 0 Å². The van der Waals surface area contributed by atoms with Crippen molar-refractivity contribution in [2.24, 2.45) is 0 Å². The highest BCUT2D eigenvalue weighted by atomic mass is 32.2. The molecule has 3 aromatic carbocycles. The largest absolute Gasteiger partial charge is 0.440 e. The minimum atomic E-state index is -0.246. The first-order valence-electron chi connectivity index (χ1n) is 10.7. The Hall–Kier alpha value is -3.05. The molecule has 2 heterocycles. The van der Waals surface area contributed by atoms with E-state index in [0.717, 1.165) is 53.4 Å². The number of piperidine rings is 1. The molecule has 0 saturated carbocycles. The normalized spacial score (nSPS) is 15.8. The van der Waals surface area contributed by atoms with E-state index < -0.39 is 0 Å². The SMILES string of the molecule is O=C([C@H](Sc1ccccc1)c1ccccc1)N1CCC(c2nc3ccccc3o2)CC1. The number of nitrogens with zero attached hydrogens (tertiary/aromatic N) is 2. The summed E-state index contributed by atoms with van der Waals surface area (Å²) in [5.74, 6) is 1.23. The average molecular weight is 429 g/mol. The molecule has 5 rings (SSSR count). The lowest BCUT2D eigenvalue weighted by Gasteiger charge is -2.33. The summed E-state index contributed by atoms with van der Waals surface area (Å²) in [6.07, 6.45) is 1.74. The van der Waals surface area contributed by atoms with Crippen molar-refractivity contribution in [1.82, 2.24) is 9.88 Å². The summed E-state index contributed by atoms with van der Waals surface area (Å²) in [7, 11) is 0. The number of carbonyl (C=O) groups is 1. The van der Waals surface area contributed by atoms with Gasteiger partial charge in [0.1, 0.15) is 10.8 Å². The van der Waals surface area contributed by atoms with Crippen LogP contribution in [0.2, 0.25) is 0 Å². The summed E-state index contributed by atoms with van der Waals surface area (Å²) in [5.41, 5.74) is 2.78. The van der Waals surface area contributed by atoms with Gasteiger partial charge >= 0.3 is 0 Å². The van der Waals surface area contributed by atoms with E-state index >= 15 is 0 Å². The molecule has 0 N–H and O–H groups in total. The lowest BCUT2D eigenvalue weighted by molar-refractivity contribution is -0.131. The lowest BCUT2D eigenvalue weighted by atomic mass is 9.96. The Labute approximate surface area is 186 Å². The number of hydrogen-bond acceptors (Lipinski definition) is 4. The van der Waals surface area contributed by atoms with Gasteiger partial charge in [-0.2, -0.15) is 0 Å². The van der Waals surface area contributed by atoms with Crippen molar-refractivity contribution in [1.29, 1.82) is 0 Å². The van der Waals surface area contributed by atoms with Crippen molar-refractivity contribution in [3.8, 4) is 0 Å². The van der Waals surface area contributed by atoms with Crippen molar-refractivity contribution in [2.45, 2.75) is 28.9 Å². The fourth-order valence-corrected chi connectivity index (χ4v) is 5.23. The third kappa shape index (κ3) is 4.37. The summed E-state index contributed by atoms with van der Waals surface area (Å²) < 4.78 is 5.98. The van der Waals surface area contributed by atoms with Crippen molar-refractivity contribution in [3.05, 3.63) is 96.4 Å². The summed E-state index contributed by atoms with van der Waals surface area (Å²) in [5, 5.41) is -0.246. The minimum absolute atomic E-state index is 0.177. The monoisotopic (exact) mass is 428 g/mol. The van der Waals surface area contributed by atoms with E-state index in [1.807, 2.05) is 77.7 Å². The molecule has 0 radical (unpaired) electrons. The number of aromatic nitrogens is 1. The van der Waals surface area contributed by atoms with Crippen LogP contribution in [0.15, 0.2) is 94.2 Å². The quantitative estimate of drug-likeness (QED) is 0.362. The maximum atomic E-state index is 13.6. The van der Waals surface area contributed by atoms with Gasteiger partial charge in [0.25, 0.3) is 0 Å². The number of rotatable bonds is 5.